The van der Waals surface area contributed by atoms with Gasteiger partial charge in [0.15, 0.2) is 17.3 Å². The van der Waals surface area contributed by atoms with Crippen LogP contribution in [0.5, 0.6) is 11.5 Å². The summed E-state index contributed by atoms with van der Waals surface area (Å²) in [5.74, 6) is -0.381. The van der Waals surface area contributed by atoms with Crippen LogP contribution in [-0.4, -0.2) is 29.5 Å². The van der Waals surface area contributed by atoms with Crippen molar-refractivity contribution < 1.29 is 23.5 Å². The van der Waals surface area contributed by atoms with Crippen LogP contribution in [0.15, 0.2) is 77.7 Å². The molecule has 1 amide bonds. The SMILES string of the molecule is O=C(Cn1cc(C(=O)c2ccccc2)c(=O)c2cc(F)ccc21)Nc1ccc2c(c1)OCCO2. The fraction of sp³-hybridized carbons (Fsp3) is 0.115. The van der Waals surface area contributed by atoms with Crippen LogP contribution in [0.2, 0.25) is 0 Å². The van der Waals surface area contributed by atoms with Crippen molar-refractivity contribution in [2.45, 2.75) is 6.54 Å². The van der Waals surface area contributed by atoms with Crippen molar-refractivity contribution >= 4 is 28.3 Å². The van der Waals surface area contributed by atoms with Crippen molar-refractivity contribution in [2.24, 2.45) is 0 Å². The maximum atomic E-state index is 14.0. The molecule has 1 aliphatic heterocycles. The lowest BCUT2D eigenvalue weighted by atomic mass is 10.0. The maximum Gasteiger partial charge on any atom is 0.244 e. The lowest BCUT2D eigenvalue weighted by Crippen LogP contribution is -2.24. The van der Waals surface area contributed by atoms with Gasteiger partial charge in [-0.15, -0.1) is 0 Å². The van der Waals surface area contributed by atoms with Crippen LogP contribution >= 0.6 is 0 Å². The zero-order chi connectivity index (χ0) is 23.7. The number of rotatable bonds is 5. The Hall–Kier alpha value is -4.46. The van der Waals surface area contributed by atoms with Gasteiger partial charge in [-0.1, -0.05) is 30.3 Å². The highest BCUT2D eigenvalue weighted by Crippen LogP contribution is 2.32. The van der Waals surface area contributed by atoms with Gasteiger partial charge in [0.1, 0.15) is 25.6 Å². The number of anilines is 1. The van der Waals surface area contributed by atoms with Gasteiger partial charge in [-0.05, 0) is 30.3 Å². The Labute approximate surface area is 193 Å². The molecular formula is C26H19FN2O5. The minimum Gasteiger partial charge on any atom is -0.486 e. The second-order valence-corrected chi connectivity index (χ2v) is 7.76. The van der Waals surface area contributed by atoms with Gasteiger partial charge in [0, 0.05) is 28.9 Å². The van der Waals surface area contributed by atoms with Gasteiger partial charge in [0.2, 0.25) is 11.3 Å². The number of carbonyl (C=O) groups is 2. The molecule has 2 heterocycles. The third-order valence-corrected chi connectivity index (χ3v) is 5.46. The topological polar surface area (TPSA) is 86.6 Å². The van der Waals surface area contributed by atoms with Crippen molar-refractivity contribution in [1.29, 1.82) is 0 Å². The number of hydrogen-bond donors (Lipinski definition) is 1. The summed E-state index contributed by atoms with van der Waals surface area (Å²) >= 11 is 0. The summed E-state index contributed by atoms with van der Waals surface area (Å²) in [6, 6.07) is 17.1. The Balaban J connectivity index is 1.50. The van der Waals surface area contributed by atoms with Crippen LogP contribution < -0.4 is 20.2 Å². The van der Waals surface area contributed by atoms with Gasteiger partial charge in [0.25, 0.3) is 0 Å². The first-order valence-corrected chi connectivity index (χ1v) is 10.6. The normalized spacial score (nSPS) is 12.4. The Morgan fingerprint density at radius 2 is 1.71 bits per heavy atom. The number of halogens is 1. The van der Waals surface area contributed by atoms with Crippen LogP contribution in [0.3, 0.4) is 0 Å². The molecule has 1 aromatic heterocycles. The molecule has 0 bridgehead atoms. The molecule has 0 fully saturated rings. The predicted octanol–water partition coefficient (Wildman–Crippen LogP) is 3.78. The van der Waals surface area contributed by atoms with Crippen LogP contribution in [0.25, 0.3) is 10.9 Å². The lowest BCUT2D eigenvalue weighted by molar-refractivity contribution is -0.116. The van der Waals surface area contributed by atoms with Gasteiger partial charge in [-0.2, -0.15) is 0 Å². The predicted molar refractivity (Wildman–Crippen MR) is 124 cm³/mol. The van der Waals surface area contributed by atoms with E-state index in [1.54, 1.807) is 48.5 Å². The van der Waals surface area contributed by atoms with E-state index in [-0.39, 0.29) is 17.5 Å². The molecule has 0 spiro atoms. The van der Waals surface area contributed by atoms with Crippen LogP contribution in [-0.2, 0) is 11.3 Å². The largest absolute Gasteiger partial charge is 0.486 e. The maximum absolute atomic E-state index is 14.0. The second-order valence-electron chi connectivity index (χ2n) is 7.76. The van der Waals surface area contributed by atoms with Crippen molar-refractivity contribution in [1.82, 2.24) is 4.57 Å². The van der Waals surface area contributed by atoms with Crippen LogP contribution in [0.4, 0.5) is 10.1 Å². The summed E-state index contributed by atoms with van der Waals surface area (Å²) < 4.78 is 26.5. The highest BCUT2D eigenvalue weighted by atomic mass is 19.1. The van der Waals surface area contributed by atoms with E-state index in [0.29, 0.717) is 41.5 Å². The molecule has 0 saturated carbocycles. The molecule has 8 heteroatoms. The highest BCUT2D eigenvalue weighted by Gasteiger charge is 2.19. The first-order chi connectivity index (χ1) is 16.5. The van der Waals surface area contributed by atoms with E-state index < -0.39 is 22.9 Å². The number of amides is 1. The van der Waals surface area contributed by atoms with Gasteiger partial charge in [-0.25, -0.2) is 4.39 Å². The molecule has 3 aromatic carbocycles. The number of ketones is 1. The summed E-state index contributed by atoms with van der Waals surface area (Å²) in [5, 5.41) is 2.80. The zero-order valence-corrected chi connectivity index (χ0v) is 17.9. The molecular weight excluding hydrogens is 439 g/mol. The van der Waals surface area contributed by atoms with E-state index in [9.17, 15) is 18.8 Å². The van der Waals surface area contributed by atoms with Gasteiger partial charge in [0.05, 0.1) is 11.1 Å². The van der Waals surface area contributed by atoms with E-state index in [4.69, 9.17) is 9.47 Å². The van der Waals surface area contributed by atoms with E-state index in [0.717, 1.165) is 6.07 Å². The monoisotopic (exact) mass is 458 g/mol. The van der Waals surface area contributed by atoms with Gasteiger partial charge in [-0.3, -0.25) is 14.4 Å². The van der Waals surface area contributed by atoms with E-state index >= 15 is 0 Å². The van der Waals surface area contributed by atoms with Crippen molar-refractivity contribution in [3.8, 4) is 11.5 Å². The van der Waals surface area contributed by atoms with Crippen LogP contribution in [0, 0.1) is 5.82 Å². The Kier molecular flexibility index (Phi) is 5.55. The Morgan fingerprint density at radius 3 is 2.50 bits per heavy atom. The summed E-state index contributed by atoms with van der Waals surface area (Å²) in [6.45, 7) is 0.678. The molecule has 7 nitrogen and oxygen atoms in total. The molecule has 170 valence electrons. The quantitative estimate of drug-likeness (QED) is 0.460. The standard InChI is InChI=1S/C26H19FN2O5/c27-17-6-8-21-19(12-17)26(32)20(25(31)16-4-2-1-3-5-16)14-29(21)15-24(30)28-18-7-9-22-23(13-18)34-11-10-33-22/h1-9,12-14H,10-11,15H2,(H,28,30). The third kappa shape index (κ3) is 4.13. The number of benzene rings is 3. The number of pyridine rings is 1. The summed E-state index contributed by atoms with van der Waals surface area (Å²) in [7, 11) is 0. The van der Waals surface area contributed by atoms with Gasteiger partial charge < -0.3 is 19.4 Å². The molecule has 0 aliphatic carbocycles. The minimum atomic E-state index is -0.610. The molecule has 1 aliphatic rings. The highest BCUT2D eigenvalue weighted by molar-refractivity contribution is 6.10. The van der Waals surface area contributed by atoms with Crippen molar-refractivity contribution in [2.75, 3.05) is 18.5 Å². The molecule has 4 aromatic rings. The average molecular weight is 458 g/mol. The van der Waals surface area contributed by atoms with Crippen LogP contribution in [0.1, 0.15) is 15.9 Å². The Morgan fingerprint density at radius 1 is 0.941 bits per heavy atom. The second kappa shape index (κ2) is 8.82. The number of aromatic nitrogens is 1. The fourth-order valence-corrected chi connectivity index (χ4v) is 3.88. The molecule has 0 saturated heterocycles. The Bertz CT molecular complexity index is 1480. The number of ether oxygens (including phenoxy) is 2. The zero-order valence-electron chi connectivity index (χ0n) is 17.9. The summed E-state index contributed by atoms with van der Waals surface area (Å²) in [5.41, 5.74) is 0.436. The number of carbonyl (C=O) groups excluding carboxylic acids is 2. The first kappa shape index (κ1) is 21.4. The minimum absolute atomic E-state index is 0.0221. The molecule has 0 atom stereocenters. The summed E-state index contributed by atoms with van der Waals surface area (Å²) in [4.78, 5) is 38.9. The number of nitrogens with zero attached hydrogens (tertiary/aromatic N) is 1. The molecule has 5 rings (SSSR count). The van der Waals surface area contributed by atoms with E-state index in [2.05, 4.69) is 5.32 Å². The summed E-state index contributed by atoms with van der Waals surface area (Å²) in [6.07, 6.45) is 1.35. The smallest absolute Gasteiger partial charge is 0.244 e. The molecule has 1 N–H and O–H groups in total. The number of hydrogen-bond acceptors (Lipinski definition) is 5. The van der Waals surface area contributed by atoms with Crippen molar-refractivity contribution in [3.05, 3.63) is 100 Å². The first-order valence-electron chi connectivity index (χ1n) is 10.6. The fourth-order valence-electron chi connectivity index (χ4n) is 3.88. The van der Waals surface area contributed by atoms with E-state index in [1.165, 1.54) is 22.9 Å². The average Bonchev–Trinajstić information content (AvgIpc) is 2.85. The number of fused-ring (bicyclic) bond motifs is 2. The lowest BCUT2D eigenvalue weighted by Gasteiger charge is -2.19. The third-order valence-electron chi connectivity index (χ3n) is 5.46. The molecule has 0 unspecified atom stereocenters. The van der Waals surface area contributed by atoms with Crippen molar-refractivity contribution in [3.63, 3.8) is 0 Å². The molecule has 0 radical (unpaired) electrons. The van der Waals surface area contributed by atoms with E-state index in [1.807, 2.05) is 0 Å². The van der Waals surface area contributed by atoms with Gasteiger partial charge >= 0.3 is 0 Å². The number of nitrogens with one attached hydrogen (secondary N) is 1. The molecule has 34 heavy (non-hydrogen) atoms.